The van der Waals surface area contributed by atoms with Crippen molar-refractivity contribution >= 4 is 11.9 Å². The second-order valence-corrected chi connectivity index (χ2v) is 6.64. The fraction of sp³-hybridized carbons (Fsp3) is 0.500. The Balaban J connectivity index is 1.53. The molecule has 4 bridgehead atoms. The van der Waals surface area contributed by atoms with E-state index in [0.29, 0.717) is 0 Å². The highest BCUT2D eigenvalue weighted by atomic mass is 16.6. The molecule has 0 aromatic heterocycles. The number of quaternary nitrogens is 3. The van der Waals surface area contributed by atoms with Gasteiger partial charge in [-0.05, 0) is 17.7 Å². The van der Waals surface area contributed by atoms with Crippen LogP contribution in [0, 0.1) is 10.1 Å². The van der Waals surface area contributed by atoms with E-state index in [9.17, 15) is 10.1 Å². The normalized spacial score (nSPS) is 37.2. The number of hydrogen-bond acceptors (Lipinski definition) is 3. The van der Waals surface area contributed by atoms with Gasteiger partial charge in [0.15, 0.2) is 0 Å². The van der Waals surface area contributed by atoms with Gasteiger partial charge in [-0.25, -0.2) is 14.7 Å². The molecule has 0 atom stereocenters. The second kappa shape index (κ2) is 4.59. The Hall–Kier alpha value is -1.83. The van der Waals surface area contributed by atoms with Crippen molar-refractivity contribution in [1.29, 1.82) is 0 Å². The van der Waals surface area contributed by atoms with Gasteiger partial charge >= 0.3 is 0 Å². The summed E-state index contributed by atoms with van der Waals surface area (Å²) in [7, 11) is 0. The van der Waals surface area contributed by atoms with Crippen LogP contribution < -0.4 is 14.7 Å². The van der Waals surface area contributed by atoms with Gasteiger partial charge in [0.25, 0.3) is 5.69 Å². The molecule has 0 aliphatic carbocycles. The molecule has 4 saturated heterocycles. The maximum atomic E-state index is 10.7. The van der Waals surface area contributed by atoms with E-state index in [4.69, 9.17) is 4.99 Å². The fourth-order valence-electron chi connectivity index (χ4n) is 4.24. The van der Waals surface area contributed by atoms with Crippen LogP contribution in [0.15, 0.2) is 29.3 Å². The molecule has 0 unspecified atom stereocenters. The lowest BCUT2D eigenvalue weighted by molar-refractivity contribution is -1.29. The average Bonchev–Trinajstić information content (AvgIpc) is 2.44. The van der Waals surface area contributed by atoms with Gasteiger partial charge in [0, 0.05) is 18.3 Å². The fourth-order valence-corrected chi connectivity index (χ4v) is 4.24. The van der Waals surface area contributed by atoms with Crippen LogP contribution in [0.25, 0.3) is 0 Å². The summed E-state index contributed by atoms with van der Waals surface area (Å²) in [5, 5.41) is 10.7. The topological polar surface area (TPSA) is 68.8 Å². The number of aliphatic imine (C=N–C) groups is 1. The molecule has 4 aliphatic heterocycles. The van der Waals surface area contributed by atoms with Crippen LogP contribution >= 0.6 is 0 Å². The van der Waals surface area contributed by atoms with E-state index in [0.717, 1.165) is 25.2 Å². The second-order valence-electron chi connectivity index (χ2n) is 6.64. The highest BCUT2D eigenvalue weighted by Crippen LogP contribution is 2.13. The average molecular weight is 290 g/mol. The predicted molar refractivity (Wildman–Crippen MR) is 75.5 cm³/mol. The first-order valence-electron chi connectivity index (χ1n) is 7.42. The van der Waals surface area contributed by atoms with Crippen molar-refractivity contribution in [2.45, 2.75) is 5.54 Å². The molecule has 3 N–H and O–H groups in total. The predicted octanol–water partition coefficient (Wildman–Crippen LogP) is -3.68. The Labute approximate surface area is 122 Å². The lowest BCUT2D eigenvalue weighted by Crippen LogP contribution is -3.56. The van der Waals surface area contributed by atoms with Crippen LogP contribution in [0.3, 0.4) is 0 Å². The van der Waals surface area contributed by atoms with Gasteiger partial charge in [-0.15, -0.1) is 0 Å². The third-order valence-electron chi connectivity index (χ3n) is 4.83. The van der Waals surface area contributed by atoms with Crippen LogP contribution in [0.1, 0.15) is 5.56 Å². The Morgan fingerprint density at radius 1 is 1.05 bits per heavy atom. The molecule has 1 aromatic rings. The Morgan fingerprint density at radius 3 is 2.05 bits per heavy atom. The summed E-state index contributed by atoms with van der Waals surface area (Å²) in [4.78, 5) is 20.2. The highest BCUT2D eigenvalue weighted by Gasteiger charge is 2.57. The lowest BCUT2D eigenvalue weighted by atomic mass is 9.91. The Bertz CT molecular complexity index is 563. The molecule has 1 aromatic carbocycles. The van der Waals surface area contributed by atoms with Gasteiger partial charge < -0.3 is 0 Å². The largest absolute Gasteiger partial charge is 0.269 e. The summed E-state index contributed by atoms with van der Waals surface area (Å²) >= 11 is 0. The van der Waals surface area contributed by atoms with E-state index in [2.05, 4.69) is 0 Å². The molecule has 5 rings (SSSR count). The third-order valence-corrected chi connectivity index (χ3v) is 4.83. The minimum atomic E-state index is -0.371. The first kappa shape index (κ1) is 12.9. The van der Waals surface area contributed by atoms with Gasteiger partial charge in [-0.3, -0.25) is 15.1 Å². The molecule has 0 saturated carbocycles. The van der Waals surface area contributed by atoms with E-state index in [1.807, 2.05) is 6.21 Å². The zero-order chi connectivity index (χ0) is 14.4. The molecule has 4 aliphatic rings. The molecule has 21 heavy (non-hydrogen) atoms. The van der Waals surface area contributed by atoms with Crippen LogP contribution in [0.2, 0.25) is 0 Å². The van der Waals surface area contributed by atoms with Crippen molar-refractivity contribution in [3.63, 3.8) is 0 Å². The zero-order valence-corrected chi connectivity index (χ0v) is 11.8. The van der Waals surface area contributed by atoms with E-state index in [-0.39, 0.29) is 16.1 Å². The maximum Gasteiger partial charge on any atom is 0.269 e. The van der Waals surface area contributed by atoms with Crippen molar-refractivity contribution in [3.05, 3.63) is 39.9 Å². The monoisotopic (exact) mass is 290 g/mol. The van der Waals surface area contributed by atoms with Crippen molar-refractivity contribution < 1.29 is 19.6 Å². The smallest absolute Gasteiger partial charge is 0.268 e. The minimum Gasteiger partial charge on any atom is -0.268 e. The van der Waals surface area contributed by atoms with Gasteiger partial charge in [0.05, 0.1) is 4.92 Å². The Kier molecular flexibility index (Phi) is 2.81. The molecule has 4 heterocycles. The summed E-state index contributed by atoms with van der Waals surface area (Å²) in [5.74, 6) is 0. The van der Waals surface area contributed by atoms with Crippen molar-refractivity contribution in [1.82, 2.24) is 0 Å². The number of nitro benzene ring substituents is 1. The molecule has 7 nitrogen and oxygen atoms in total. The summed E-state index contributed by atoms with van der Waals surface area (Å²) in [6, 6.07) is 6.63. The first-order chi connectivity index (χ1) is 10.1. The molecule has 0 radical (unpaired) electrons. The summed E-state index contributed by atoms with van der Waals surface area (Å²) < 4.78 is 0. The Morgan fingerprint density at radius 2 is 1.57 bits per heavy atom. The number of non-ortho nitro benzene ring substituents is 1. The third kappa shape index (κ3) is 2.33. The minimum absolute atomic E-state index is 0.0660. The molecule has 0 spiro atoms. The SMILES string of the molecule is O=[N+]([O-])c1ccc(C=NC23C[NH+]4C[NH+](C[NH+](C4)C2)C3)cc1. The van der Waals surface area contributed by atoms with Crippen LogP contribution in [-0.2, 0) is 0 Å². The van der Waals surface area contributed by atoms with Gasteiger partial charge in [-0.1, -0.05) is 0 Å². The summed E-state index contributed by atoms with van der Waals surface area (Å²) in [5.41, 5.74) is 1.14. The number of nitrogens with one attached hydrogen (secondary N) is 3. The molecular formula is C14H20N5O2+3. The maximum absolute atomic E-state index is 10.7. The van der Waals surface area contributed by atoms with Crippen molar-refractivity contribution in [2.75, 3.05) is 39.6 Å². The zero-order valence-electron chi connectivity index (χ0n) is 11.8. The molecule has 0 amide bonds. The van der Waals surface area contributed by atoms with Crippen molar-refractivity contribution in [2.24, 2.45) is 4.99 Å². The number of benzene rings is 1. The number of hydrogen-bond donors (Lipinski definition) is 3. The molecule has 7 heteroatoms. The summed E-state index contributed by atoms with van der Waals surface area (Å²) in [6.07, 6.45) is 1.90. The van der Waals surface area contributed by atoms with Gasteiger partial charge in [0.2, 0.25) is 25.5 Å². The van der Waals surface area contributed by atoms with Crippen LogP contribution in [0.5, 0.6) is 0 Å². The first-order valence-corrected chi connectivity index (χ1v) is 7.42. The van der Waals surface area contributed by atoms with E-state index >= 15 is 0 Å². The lowest BCUT2D eigenvalue weighted by Gasteiger charge is -2.50. The molecule has 4 fully saturated rings. The number of rotatable bonds is 3. The number of nitrogens with zero attached hydrogens (tertiary/aromatic N) is 2. The van der Waals surface area contributed by atoms with E-state index in [1.54, 1.807) is 39.0 Å². The van der Waals surface area contributed by atoms with Gasteiger partial charge in [0.1, 0.15) is 19.6 Å². The highest BCUT2D eigenvalue weighted by molar-refractivity contribution is 5.80. The van der Waals surface area contributed by atoms with E-state index in [1.165, 1.54) is 20.0 Å². The summed E-state index contributed by atoms with van der Waals surface area (Å²) in [6.45, 7) is 7.09. The van der Waals surface area contributed by atoms with E-state index < -0.39 is 0 Å². The van der Waals surface area contributed by atoms with Gasteiger partial charge in [-0.2, -0.15) is 0 Å². The van der Waals surface area contributed by atoms with Crippen LogP contribution in [0.4, 0.5) is 5.69 Å². The molecule has 110 valence electrons. The quantitative estimate of drug-likeness (QED) is 0.305. The standard InChI is InChI=1S/C14H17N5O2/c20-19(21)13-3-1-12(2-4-13)5-15-14-6-16-9-17(7-14)11-18(8-14)10-16/h1-5H,6-11H2/p+3. The number of nitro groups is 1. The molecular weight excluding hydrogens is 270 g/mol. The van der Waals surface area contributed by atoms with Crippen LogP contribution in [-0.4, -0.2) is 56.3 Å². The van der Waals surface area contributed by atoms with Crippen molar-refractivity contribution in [3.8, 4) is 0 Å².